The lowest BCUT2D eigenvalue weighted by atomic mass is 10.0. The highest BCUT2D eigenvalue weighted by molar-refractivity contribution is 5.97. The van der Waals surface area contributed by atoms with Crippen LogP contribution in [0.1, 0.15) is 24.2 Å². The monoisotopic (exact) mass is 317 g/mol. The van der Waals surface area contributed by atoms with E-state index in [-0.39, 0.29) is 0 Å². The van der Waals surface area contributed by atoms with Gasteiger partial charge < -0.3 is 9.99 Å². The first-order valence-electron chi connectivity index (χ1n) is 8.29. The maximum absolute atomic E-state index is 9.37. The minimum atomic E-state index is 0.726. The molecule has 0 aliphatic carbocycles. The van der Waals surface area contributed by atoms with Gasteiger partial charge in [0.2, 0.25) is 0 Å². The van der Waals surface area contributed by atoms with E-state index in [1.54, 1.807) is 6.20 Å². The Balaban J connectivity index is 1.76. The summed E-state index contributed by atoms with van der Waals surface area (Å²) in [5.41, 5.74) is 1.89. The number of hydrogen-bond acceptors (Lipinski definition) is 4. The molecule has 1 aliphatic rings. The summed E-state index contributed by atoms with van der Waals surface area (Å²) in [7, 11) is 0. The van der Waals surface area contributed by atoms with Crippen molar-refractivity contribution < 1.29 is 0 Å². The van der Waals surface area contributed by atoms with Crippen LogP contribution in [-0.4, -0.2) is 28.1 Å². The second-order valence-electron chi connectivity index (χ2n) is 6.04. The number of nitrogens with zero attached hydrogens (tertiary/aromatic N) is 4. The predicted octanol–water partition coefficient (Wildman–Crippen LogP) is 3.45. The quantitative estimate of drug-likeness (QED) is 0.804. The van der Waals surface area contributed by atoms with Gasteiger partial charge in [0.1, 0.15) is 5.82 Å². The second kappa shape index (κ2) is 6.34. The van der Waals surface area contributed by atoms with Crippen LogP contribution in [0.2, 0.25) is 0 Å². The molecule has 3 aromatic rings. The number of nitrogens with one attached hydrogen (secondary N) is 1. The molecule has 1 N–H and O–H groups in total. The minimum Gasteiger partial charge on any atom is -0.347 e. The van der Waals surface area contributed by atoms with Gasteiger partial charge in [-0.1, -0.05) is 24.3 Å². The van der Waals surface area contributed by atoms with E-state index in [0.29, 0.717) is 0 Å². The zero-order valence-electron chi connectivity index (χ0n) is 13.4. The minimum absolute atomic E-state index is 0.726. The zero-order chi connectivity index (χ0) is 16.4. The molecular weight excluding hydrogens is 298 g/mol. The highest BCUT2D eigenvalue weighted by atomic mass is 15.6. The van der Waals surface area contributed by atoms with Gasteiger partial charge in [-0.3, -0.25) is 0 Å². The first-order chi connectivity index (χ1) is 11.9. The Labute approximate surface area is 141 Å². The van der Waals surface area contributed by atoms with Gasteiger partial charge >= 0.3 is 0 Å². The number of hydrogen-bond donors (Lipinski definition) is 1. The molecule has 2 aromatic carbocycles. The standard InChI is InChI=1S/C19H19N5/c20-13-15-7-8-18(17-6-2-1-5-16(15)17)24-12-4-3-11-23(24)14-19-21-9-10-22-19/h1-2,5-10H,3-4,11-12,14H2,(H,21,22). The molecule has 0 unspecified atom stereocenters. The van der Waals surface area contributed by atoms with Crippen LogP contribution in [0.25, 0.3) is 10.8 Å². The van der Waals surface area contributed by atoms with Gasteiger partial charge in [0.05, 0.1) is 23.9 Å². The molecule has 2 heterocycles. The Bertz CT molecular complexity index is 878. The SMILES string of the molecule is N#Cc1ccc(N2CCCCN2Cc2ncc[nH]2)c2ccccc12. The van der Waals surface area contributed by atoms with Crippen LogP contribution >= 0.6 is 0 Å². The van der Waals surface area contributed by atoms with Gasteiger partial charge in [-0.15, -0.1) is 0 Å². The van der Waals surface area contributed by atoms with E-state index in [4.69, 9.17) is 0 Å². The van der Waals surface area contributed by atoms with Crippen molar-refractivity contribution in [1.29, 1.82) is 5.26 Å². The molecule has 24 heavy (non-hydrogen) atoms. The summed E-state index contributed by atoms with van der Waals surface area (Å²) < 4.78 is 0. The van der Waals surface area contributed by atoms with E-state index >= 15 is 0 Å². The van der Waals surface area contributed by atoms with Gasteiger partial charge in [0.25, 0.3) is 0 Å². The van der Waals surface area contributed by atoms with Crippen molar-refractivity contribution >= 4 is 16.5 Å². The smallest absolute Gasteiger partial charge is 0.122 e. The Hall–Kier alpha value is -2.84. The van der Waals surface area contributed by atoms with E-state index in [0.717, 1.165) is 47.5 Å². The molecule has 4 rings (SSSR count). The third kappa shape index (κ3) is 2.61. The Morgan fingerprint density at radius 1 is 1.08 bits per heavy atom. The molecule has 0 bridgehead atoms. The van der Waals surface area contributed by atoms with Gasteiger partial charge in [-0.25, -0.2) is 9.99 Å². The fourth-order valence-electron chi connectivity index (χ4n) is 3.42. The molecule has 120 valence electrons. The molecular formula is C19H19N5. The maximum atomic E-state index is 9.37. The molecule has 1 fully saturated rings. The van der Waals surface area contributed by atoms with Gasteiger partial charge in [0.15, 0.2) is 0 Å². The highest BCUT2D eigenvalue weighted by Gasteiger charge is 2.23. The van der Waals surface area contributed by atoms with Gasteiger partial charge in [0, 0.05) is 36.3 Å². The Morgan fingerprint density at radius 3 is 2.71 bits per heavy atom. The number of rotatable bonds is 3. The second-order valence-corrected chi connectivity index (χ2v) is 6.04. The summed E-state index contributed by atoms with van der Waals surface area (Å²) in [5.74, 6) is 0.972. The van der Waals surface area contributed by atoms with Crippen molar-refractivity contribution in [3.8, 4) is 6.07 Å². The number of anilines is 1. The van der Waals surface area contributed by atoms with E-state index in [9.17, 15) is 5.26 Å². The van der Waals surface area contributed by atoms with Crippen LogP contribution in [0.15, 0.2) is 48.8 Å². The van der Waals surface area contributed by atoms with Crippen LogP contribution in [0, 0.1) is 11.3 Å². The van der Waals surface area contributed by atoms with E-state index < -0.39 is 0 Å². The van der Waals surface area contributed by atoms with Crippen molar-refractivity contribution in [2.75, 3.05) is 18.1 Å². The number of aromatic amines is 1. The van der Waals surface area contributed by atoms with Crippen LogP contribution in [0.4, 0.5) is 5.69 Å². The summed E-state index contributed by atoms with van der Waals surface area (Å²) in [6.07, 6.45) is 6.01. The normalized spacial score (nSPS) is 15.5. The third-order valence-corrected chi connectivity index (χ3v) is 4.56. The number of nitriles is 1. The molecule has 0 amide bonds. The van der Waals surface area contributed by atoms with Crippen LogP contribution in [0.3, 0.4) is 0 Å². The predicted molar refractivity (Wildman–Crippen MR) is 94.2 cm³/mol. The summed E-state index contributed by atoms with van der Waals surface area (Å²) in [4.78, 5) is 7.55. The molecule has 5 nitrogen and oxygen atoms in total. The molecule has 0 radical (unpaired) electrons. The van der Waals surface area contributed by atoms with Crippen LogP contribution in [0.5, 0.6) is 0 Å². The summed E-state index contributed by atoms with van der Waals surface area (Å²) in [5, 5.41) is 16.2. The first kappa shape index (κ1) is 14.7. The fourth-order valence-corrected chi connectivity index (χ4v) is 3.42. The first-order valence-corrected chi connectivity index (χ1v) is 8.29. The van der Waals surface area contributed by atoms with Crippen LogP contribution in [-0.2, 0) is 6.54 Å². The summed E-state index contributed by atoms with van der Waals surface area (Å²) >= 11 is 0. The van der Waals surface area contributed by atoms with Gasteiger partial charge in [-0.05, 0) is 25.0 Å². The molecule has 5 heteroatoms. The van der Waals surface area contributed by atoms with Crippen molar-refractivity contribution in [3.05, 3.63) is 60.2 Å². The van der Waals surface area contributed by atoms with Crippen molar-refractivity contribution in [2.45, 2.75) is 19.4 Å². The molecule has 1 saturated heterocycles. The molecule has 0 spiro atoms. The Kier molecular flexibility index (Phi) is 3.89. The van der Waals surface area contributed by atoms with Crippen molar-refractivity contribution in [3.63, 3.8) is 0 Å². The molecule has 1 aliphatic heterocycles. The number of fused-ring (bicyclic) bond motifs is 1. The lowest BCUT2D eigenvalue weighted by molar-refractivity contribution is 0.200. The van der Waals surface area contributed by atoms with E-state index in [2.05, 4.69) is 38.2 Å². The van der Waals surface area contributed by atoms with Crippen molar-refractivity contribution in [2.24, 2.45) is 0 Å². The summed E-state index contributed by atoms with van der Waals surface area (Å²) in [6, 6.07) is 14.5. The third-order valence-electron chi connectivity index (χ3n) is 4.56. The van der Waals surface area contributed by atoms with Gasteiger partial charge in [-0.2, -0.15) is 5.26 Å². The van der Waals surface area contributed by atoms with E-state index in [1.165, 1.54) is 12.8 Å². The molecule has 0 saturated carbocycles. The zero-order valence-corrected chi connectivity index (χ0v) is 13.4. The molecule has 1 aromatic heterocycles. The highest BCUT2D eigenvalue weighted by Crippen LogP contribution is 2.32. The lowest BCUT2D eigenvalue weighted by Crippen LogP contribution is -2.47. The maximum Gasteiger partial charge on any atom is 0.122 e. The lowest BCUT2D eigenvalue weighted by Gasteiger charge is -2.40. The largest absolute Gasteiger partial charge is 0.347 e. The number of H-pyrrole nitrogens is 1. The van der Waals surface area contributed by atoms with E-state index in [1.807, 2.05) is 30.5 Å². The molecule has 0 atom stereocenters. The van der Waals surface area contributed by atoms with Crippen molar-refractivity contribution in [1.82, 2.24) is 15.0 Å². The number of hydrazine groups is 1. The number of imidazole rings is 1. The fraction of sp³-hybridized carbons (Fsp3) is 0.263. The average Bonchev–Trinajstić information content (AvgIpc) is 3.14. The number of benzene rings is 2. The van der Waals surface area contributed by atoms with Crippen LogP contribution < -0.4 is 5.01 Å². The number of aromatic nitrogens is 2. The average molecular weight is 317 g/mol. The summed E-state index contributed by atoms with van der Waals surface area (Å²) in [6.45, 7) is 2.76. The topological polar surface area (TPSA) is 59.0 Å². The Morgan fingerprint density at radius 2 is 1.92 bits per heavy atom.